The summed E-state index contributed by atoms with van der Waals surface area (Å²) in [6, 6.07) is 0. The lowest BCUT2D eigenvalue weighted by molar-refractivity contribution is 0.0496. The van der Waals surface area contributed by atoms with Gasteiger partial charge in [-0.1, -0.05) is 0 Å². The van der Waals surface area contributed by atoms with Crippen molar-refractivity contribution in [2.24, 2.45) is 5.92 Å². The molecule has 1 aromatic rings. The molecule has 0 bridgehead atoms. The molecule has 6 nitrogen and oxygen atoms in total. The highest BCUT2D eigenvalue weighted by atomic mass is 79.9. The highest BCUT2D eigenvalue weighted by molar-refractivity contribution is 9.10. The van der Waals surface area contributed by atoms with Crippen molar-refractivity contribution in [3.63, 3.8) is 0 Å². The molecule has 1 N–H and O–H groups in total. The summed E-state index contributed by atoms with van der Waals surface area (Å²) < 4.78 is 7.38. The summed E-state index contributed by atoms with van der Waals surface area (Å²) in [4.78, 5) is 12.2. The normalized spacial score (nSPS) is 20.5. The number of ether oxygens (including phenoxy) is 1. The van der Waals surface area contributed by atoms with Crippen LogP contribution in [0.4, 0.5) is 5.69 Å². The Bertz CT molecular complexity index is 509. The van der Waals surface area contributed by atoms with Crippen LogP contribution < -0.4 is 11.0 Å². The first-order chi connectivity index (χ1) is 9.24. The lowest BCUT2D eigenvalue weighted by atomic mass is 10.4. The number of anilines is 1. The van der Waals surface area contributed by atoms with Gasteiger partial charge in [0.1, 0.15) is 4.47 Å². The third-order valence-corrected chi connectivity index (χ3v) is 4.17. The van der Waals surface area contributed by atoms with Crippen molar-refractivity contribution >= 4 is 21.6 Å². The highest BCUT2D eigenvalue weighted by Crippen LogP contribution is 2.30. The molecule has 0 aromatic carbocycles. The number of morpholine rings is 1. The quantitative estimate of drug-likeness (QED) is 0.896. The molecule has 0 amide bonds. The lowest BCUT2D eigenvalue weighted by Crippen LogP contribution is -2.41. The zero-order chi connectivity index (χ0) is 13.2. The van der Waals surface area contributed by atoms with Gasteiger partial charge in [0.15, 0.2) is 0 Å². The van der Waals surface area contributed by atoms with Gasteiger partial charge in [-0.05, 0) is 34.7 Å². The predicted molar refractivity (Wildman–Crippen MR) is 74.9 cm³/mol. The molecule has 104 valence electrons. The Labute approximate surface area is 119 Å². The van der Waals surface area contributed by atoms with Gasteiger partial charge in [-0.3, -0.25) is 4.79 Å². The van der Waals surface area contributed by atoms with Gasteiger partial charge in [0, 0.05) is 19.6 Å². The Morgan fingerprint density at radius 2 is 2.16 bits per heavy atom. The minimum absolute atomic E-state index is 0.0647. The third-order valence-electron chi connectivity index (χ3n) is 3.40. The highest BCUT2D eigenvalue weighted by Gasteiger charge is 2.23. The molecule has 0 radical (unpaired) electrons. The molecule has 1 aliphatic carbocycles. The van der Waals surface area contributed by atoms with Crippen molar-refractivity contribution in [2.45, 2.75) is 19.4 Å². The van der Waals surface area contributed by atoms with Crippen LogP contribution in [-0.4, -0.2) is 41.1 Å². The topological polar surface area (TPSA) is 59.4 Å². The van der Waals surface area contributed by atoms with E-state index in [1.807, 2.05) is 5.01 Å². The van der Waals surface area contributed by atoms with E-state index in [0.29, 0.717) is 23.6 Å². The minimum Gasteiger partial charge on any atom is -0.379 e. The summed E-state index contributed by atoms with van der Waals surface area (Å²) in [6.45, 7) is 3.75. The molecule has 1 aromatic heterocycles. The van der Waals surface area contributed by atoms with E-state index in [9.17, 15) is 4.79 Å². The van der Waals surface area contributed by atoms with Crippen molar-refractivity contribution in [3.05, 3.63) is 21.0 Å². The van der Waals surface area contributed by atoms with Crippen molar-refractivity contribution in [2.75, 3.05) is 31.7 Å². The van der Waals surface area contributed by atoms with Gasteiger partial charge in [-0.15, -0.1) is 0 Å². The van der Waals surface area contributed by atoms with Crippen molar-refractivity contribution in [1.82, 2.24) is 14.8 Å². The van der Waals surface area contributed by atoms with Gasteiger partial charge in [-0.25, -0.2) is 9.69 Å². The van der Waals surface area contributed by atoms with E-state index in [1.165, 1.54) is 12.8 Å². The molecule has 7 heteroatoms. The molecule has 1 saturated carbocycles. The van der Waals surface area contributed by atoms with Crippen LogP contribution in [0.15, 0.2) is 15.5 Å². The number of nitrogens with one attached hydrogen (secondary N) is 1. The Morgan fingerprint density at radius 3 is 2.84 bits per heavy atom. The molecule has 2 fully saturated rings. The molecule has 0 unspecified atom stereocenters. The van der Waals surface area contributed by atoms with Gasteiger partial charge in [0.25, 0.3) is 5.56 Å². The summed E-state index contributed by atoms with van der Waals surface area (Å²) in [5.74, 6) is 0.634. The molecular formula is C12H17BrN4O2. The molecular weight excluding hydrogens is 312 g/mol. The van der Waals surface area contributed by atoms with Crippen LogP contribution in [0.1, 0.15) is 12.8 Å². The van der Waals surface area contributed by atoms with Gasteiger partial charge >= 0.3 is 0 Å². The maximum atomic E-state index is 12.2. The van der Waals surface area contributed by atoms with E-state index in [2.05, 4.69) is 26.5 Å². The maximum absolute atomic E-state index is 12.2. The number of nitrogens with zero attached hydrogens (tertiary/aromatic N) is 3. The van der Waals surface area contributed by atoms with E-state index in [1.54, 1.807) is 10.9 Å². The smallest absolute Gasteiger partial charge is 0.283 e. The monoisotopic (exact) mass is 328 g/mol. The number of rotatable bonds is 4. The Kier molecular flexibility index (Phi) is 3.86. The van der Waals surface area contributed by atoms with Crippen molar-refractivity contribution < 1.29 is 4.74 Å². The summed E-state index contributed by atoms with van der Waals surface area (Å²) in [7, 11) is 0. The van der Waals surface area contributed by atoms with Crippen LogP contribution in [0.2, 0.25) is 0 Å². The van der Waals surface area contributed by atoms with Gasteiger partial charge in [0.05, 0.1) is 25.1 Å². The second-order valence-electron chi connectivity index (χ2n) is 5.01. The molecule has 3 rings (SSSR count). The lowest BCUT2D eigenvalue weighted by Gasteiger charge is -2.28. The van der Waals surface area contributed by atoms with Crippen molar-refractivity contribution in [1.29, 1.82) is 0 Å². The van der Waals surface area contributed by atoms with E-state index in [4.69, 9.17) is 4.74 Å². The summed E-state index contributed by atoms with van der Waals surface area (Å²) in [6.07, 6.45) is 4.13. The Balaban J connectivity index is 1.74. The van der Waals surface area contributed by atoms with Crippen LogP contribution in [0.25, 0.3) is 0 Å². The van der Waals surface area contributed by atoms with Gasteiger partial charge < -0.3 is 10.2 Å². The predicted octanol–water partition coefficient (Wildman–Crippen LogP) is 1.07. The Hall–Kier alpha value is -0.920. The standard InChI is InChI=1S/C12H17BrN4O2/c13-11-10(15-16-3-5-19-6-4-16)7-14-17(12(11)18)8-9-1-2-9/h7,9,15H,1-6,8H2. The third kappa shape index (κ3) is 3.16. The van der Waals surface area contributed by atoms with Crippen LogP contribution in [0.3, 0.4) is 0 Å². The fourth-order valence-corrected chi connectivity index (χ4v) is 2.46. The number of hydrogen-bond acceptors (Lipinski definition) is 5. The van der Waals surface area contributed by atoms with Crippen molar-refractivity contribution in [3.8, 4) is 0 Å². The second-order valence-corrected chi connectivity index (χ2v) is 5.81. The molecule has 2 aliphatic rings. The van der Waals surface area contributed by atoms with E-state index in [0.717, 1.165) is 25.3 Å². The van der Waals surface area contributed by atoms with Crippen LogP contribution in [0, 0.1) is 5.92 Å². The first-order valence-electron chi connectivity index (χ1n) is 6.59. The number of hydrazine groups is 1. The first-order valence-corrected chi connectivity index (χ1v) is 7.38. The average Bonchev–Trinajstić information content (AvgIpc) is 3.24. The fraction of sp³-hybridized carbons (Fsp3) is 0.667. The first kappa shape index (κ1) is 13.1. The summed E-state index contributed by atoms with van der Waals surface area (Å²) in [5.41, 5.74) is 3.87. The SMILES string of the molecule is O=c1c(Br)c(NN2CCOCC2)cnn1CC1CC1. The fourth-order valence-electron chi connectivity index (χ4n) is 2.06. The van der Waals surface area contributed by atoms with Crippen LogP contribution in [-0.2, 0) is 11.3 Å². The zero-order valence-corrected chi connectivity index (χ0v) is 12.2. The molecule has 0 spiro atoms. The largest absolute Gasteiger partial charge is 0.379 e. The maximum Gasteiger partial charge on any atom is 0.283 e. The van der Waals surface area contributed by atoms with E-state index >= 15 is 0 Å². The van der Waals surface area contributed by atoms with Gasteiger partial charge in [-0.2, -0.15) is 5.10 Å². The molecule has 1 saturated heterocycles. The molecule has 2 heterocycles. The number of halogens is 1. The summed E-state index contributed by atoms with van der Waals surface area (Å²) in [5, 5.41) is 6.28. The zero-order valence-electron chi connectivity index (χ0n) is 10.6. The minimum atomic E-state index is -0.0647. The Morgan fingerprint density at radius 1 is 1.42 bits per heavy atom. The molecule has 1 aliphatic heterocycles. The van der Waals surface area contributed by atoms with Crippen LogP contribution in [0.5, 0.6) is 0 Å². The number of aromatic nitrogens is 2. The molecule has 19 heavy (non-hydrogen) atoms. The van der Waals surface area contributed by atoms with Crippen LogP contribution >= 0.6 is 15.9 Å². The average molecular weight is 329 g/mol. The molecule has 0 atom stereocenters. The second kappa shape index (κ2) is 5.60. The van der Waals surface area contributed by atoms with E-state index in [-0.39, 0.29) is 5.56 Å². The van der Waals surface area contributed by atoms with Gasteiger partial charge in [0.2, 0.25) is 0 Å². The number of hydrogen-bond donors (Lipinski definition) is 1. The van der Waals surface area contributed by atoms with E-state index < -0.39 is 0 Å². The summed E-state index contributed by atoms with van der Waals surface area (Å²) >= 11 is 3.37.